The summed E-state index contributed by atoms with van der Waals surface area (Å²) >= 11 is 0. The molecule has 0 saturated carbocycles. The summed E-state index contributed by atoms with van der Waals surface area (Å²) in [6.45, 7) is 1.99. The smallest absolute Gasteiger partial charge is 0.119 e. The Hall–Kier alpha value is -3.25. The van der Waals surface area contributed by atoms with Crippen LogP contribution in [0.5, 0.6) is 5.75 Å². The monoisotopic (exact) mass is 385 g/mol. The molecule has 6 heteroatoms. The van der Waals surface area contributed by atoms with E-state index in [-0.39, 0.29) is 0 Å². The van der Waals surface area contributed by atoms with Gasteiger partial charge in [0.25, 0.3) is 0 Å². The Kier molecular flexibility index (Phi) is 4.69. The molecule has 0 N–H and O–H groups in total. The first kappa shape index (κ1) is 17.8. The first-order valence-corrected chi connectivity index (χ1v) is 9.94. The van der Waals surface area contributed by atoms with Crippen molar-refractivity contribution in [3.63, 3.8) is 0 Å². The van der Waals surface area contributed by atoms with Crippen molar-refractivity contribution in [2.75, 3.05) is 13.7 Å². The highest BCUT2D eigenvalue weighted by Crippen LogP contribution is 2.34. The summed E-state index contributed by atoms with van der Waals surface area (Å²) in [6, 6.07) is 16.8. The van der Waals surface area contributed by atoms with Crippen molar-refractivity contribution in [1.82, 2.24) is 24.7 Å². The molecule has 0 radical (unpaired) electrons. The fourth-order valence-corrected chi connectivity index (χ4v) is 4.17. The topological polar surface area (TPSA) is 55.5 Å². The van der Waals surface area contributed by atoms with Crippen LogP contribution in [0.1, 0.15) is 30.1 Å². The van der Waals surface area contributed by atoms with E-state index >= 15 is 0 Å². The molecular formula is C23H23N5O. The van der Waals surface area contributed by atoms with E-state index in [1.165, 1.54) is 12.0 Å². The average Bonchev–Trinajstić information content (AvgIpc) is 3.40. The molecule has 5 rings (SSSR count). The normalized spacial score (nSPS) is 17.1. The molecule has 0 bridgehead atoms. The fraction of sp³-hybridized carbons (Fsp3) is 0.261. The van der Waals surface area contributed by atoms with Crippen molar-refractivity contribution in [3.05, 3.63) is 78.4 Å². The molecule has 1 saturated heterocycles. The fourth-order valence-electron chi connectivity index (χ4n) is 4.17. The standard InChI is InChI=1S/C23H23N5O/c1-29-20-5-2-4-18(14-20)19-7-8-22-23(25-26-28(22)16-19)21-6-3-13-27(21)15-17-9-11-24-12-10-17/h2,4-5,7-12,14,16,21H,3,6,13,15H2,1H3/t21-/m0/s1. The minimum atomic E-state index is 0.295. The molecule has 0 amide bonds. The number of aromatic nitrogens is 4. The minimum absolute atomic E-state index is 0.295. The lowest BCUT2D eigenvalue weighted by Crippen LogP contribution is -2.23. The van der Waals surface area contributed by atoms with Crippen molar-refractivity contribution >= 4 is 5.52 Å². The number of methoxy groups -OCH3 is 1. The predicted molar refractivity (Wildman–Crippen MR) is 112 cm³/mol. The first-order valence-electron chi connectivity index (χ1n) is 9.94. The lowest BCUT2D eigenvalue weighted by atomic mass is 10.1. The molecule has 146 valence electrons. The molecule has 0 spiro atoms. The van der Waals surface area contributed by atoms with E-state index in [0.717, 1.165) is 47.6 Å². The molecule has 4 aromatic rings. The SMILES string of the molecule is COc1cccc(-c2ccc3c([C@@H]4CCCN4Cc4ccncc4)nnn3c2)c1. The van der Waals surface area contributed by atoms with E-state index in [4.69, 9.17) is 4.74 Å². The van der Waals surface area contributed by atoms with Gasteiger partial charge < -0.3 is 4.74 Å². The third kappa shape index (κ3) is 3.47. The molecule has 0 aliphatic carbocycles. The van der Waals surface area contributed by atoms with Crippen LogP contribution in [0.2, 0.25) is 0 Å². The Morgan fingerprint density at radius 3 is 2.83 bits per heavy atom. The van der Waals surface area contributed by atoms with Crippen LogP contribution in [0.3, 0.4) is 0 Å². The van der Waals surface area contributed by atoms with Crippen molar-refractivity contribution < 1.29 is 4.74 Å². The molecule has 1 aliphatic heterocycles. The van der Waals surface area contributed by atoms with Crippen LogP contribution in [0.15, 0.2) is 67.1 Å². The minimum Gasteiger partial charge on any atom is -0.497 e. The largest absolute Gasteiger partial charge is 0.497 e. The van der Waals surface area contributed by atoms with E-state index in [9.17, 15) is 0 Å². The van der Waals surface area contributed by atoms with Crippen LogP contribution in [0, 0.1) is 0 Å². The second kappa shape index (κ2) is 7.64. The Bertz CT molecular complexity index is 1120. The Morgan fingerprint density at radius 1 is 1.07 bits per heavy atom. The van der Waals surface area contributed by atoms with E-state index in [1.54, 1.807) is 7.11 Å². The third-order valence-electron chi connectivity index (χ3n) is 5.66. The summed E-state index contributed by atoms with van der Waals surface area (Å²) in [4.78, 5) is 6.62. The van der Waals surface area contributed by atoms with Crippen molar-refractivity contribution in [2.45, 2.75) is 25.4 Å². The molecule has 0 unspecified atom stereocenters. The summed E-state index contributed by atoms with van der Waals surface area (Å²) in [6.07, 6.45) is 8.04. The van der Waals surface area contributed by atoms with Crippen LogP contribution in [-0.4, -0.2) is 38.4 Å². The number of hydrogen-bond donors (Lipinski definition) is 0. The third-order valence-corrected chi connectivity index (χ3v) is 5.66. The van der Waals surface area contributed by atoms with Gasteiger partial charge >= 0.3 is 0 Å². The van der Waals surface area contributed by atoms with Gasteiger partial charge in [-0.15, -0.1) is 5.10 Å². The summed E-state index contributed by atoms with van der Waals surface area (Å²) in [5.41, 5.74) is 5.61. The van der Waals surface area contributed by atoms with Crippen LogP contribution >= 0.6 is 0 Å². The molecular weight excluding hydrogens is 362 g/mol. The number of hydrogen-bond acceptors (Lipinski definition) is 5. The number of ether oxygens (including phenoxy) is 1. The van der Waals surface area contributed by atoms with E-state index in [0.29, 0.717) is 6.04 Å². The Balaban J connectivity index is 1.45. The maximum absolute atomic E-state index is 5.35. The summed E-state index contributed by atoms with van der Waals surface area (Å²) in [7, 11) is 1.69. The van der Waals surface area contributed by atoms with E-state index in [1.807, 2.05) is 41.3 Å². The average molecular weight is 385 g/mol. The number of fused-ring (bicyclic) bond motifs is 1. The van der Waals surface area contributed by atoms with Gasteiger partial charge in [-0.3, -0.25) is 9.88 Å². The maximum Gasteiger partial charge on any atom is 0.119 e. The summed E-state index contributed by atoms with van der Waals surface area (Å²) < 4.78 is 7.25. The molecule has 1 aromatic carbocycles. The number of pyridine rings is 2. The summed E-state index contributed by atoms with van der Waals surface area (Å²) in [5, 5.41) is 9.00. The van der Waals surface area contributed by atoms with Gasteiger partial charge in [-0.1, -0.05) is 23.4 Å². The molecule has 1 atom stereocenters. The van der Waals surface area contributed by atoms with Crippen molar-refractivity contribution in [2.24, 2.45) is 0 Å². The van der Waals surface area contributed by atoms with Gasteiger partial charge in [0, 0.05) is 30.7 Å². The van der Waals surface area contributed by atoms with Crippen molar-refractivity contribution in [3.8, 4) is 16.9 Å². The molecule has 1 aliphatic rings. The maximum atomic E-state index is 5.35. The lowest BCUT2D eigenvalue weighted by Gasteiger charge is -2.23. The van der Waals surface area contributed by atoms with Gasteiger partial charge in [-0.2, -0.15) is 0 Å². The zero-order valence-electron chi connectivity index (χ0n) is 16.4. The highest BCUT2D eigenvalue weighted by molar-refractivity contribution is 5.67. The van der Waals surface area contributed by atoms with Gasteiger partial charge in [0.2, 0.25) is 0 Å². The van der Waals surface area contributed by atoms with Gasteiger partial charge in [-0.25, -0.2) is 4.52 Å². The first-order chi connectivity index (χ1) is 14.3. The van der Waals surface area contributed by atoms with Crippen molar-refractivity contribution in [1.29, 1.82) is 0 Å². The second-order valence-corrected chi connectivity index (χ2v) is 7.44. The lowest BCUT2D eigenvalue weighted by molar-refractivity contribution is 0.245. The molecule has 4 heterocycles. The van der Waals surface area contributed by atoms with Gasteiger partial charge in [0.1, 0.15) is 11.4 Å². The van der Waals surface area contributed by atoms with Gasteiger partial charge in [0.05, 0.1) is 18.7 Å². The van der Waals surface area contributed by atoms with Crippen LogP contribution in [-0.2, 0) is 6.54 Å². The molecule has 29 heavy (non-hydrogen) atoms. The number of nitrogens with zero attached hydrogens (tertiary/aromatic N) is 5. The van der Waals surface area contributed by atoms with E-state index < -0.39 is 0 Å². The van der Waals surface area contributed by atoms with Crippen LogP contribution < -0.4 is 4.74 Å². The zero-order chi connectivity index (χ0) is 19.6. The number of benzene rings is 1. The Labute approximate surface area is 169 Å². The Morgan fingerprint density at radius 2 is 1.97 bits per heavy atom. The molecule has 3 aromatic heterocycles. The van der Waals surface area contributed by atoms with Gasteiger partial charge in [-0.05, 0) is 60.8 Å². The van der Waals surface area contributed by atoms with Crippen LogP contribution in [0.4, 0.5) is 0 Å². The number of likely N-dealkylation sites (tertiary alicyclic amines) is 1. The second-order valence-electron chi connectivity index (χ2n) is 7.44. The highest BCUT2D eigenvalue weighted by Gasteiger charge is 2.29. The van der Waals surface area contributed by atoms with Gasteiger partial charge in [0.15, 0.2) is 0 Å². The predicted octanol–water partition coefficient (Wildman–Crippen LogP) is 4.14. The summed E-state index contributed by atoms with van der Waals surface area (Å²) in [5.74, 6) is 0.847. The van der Waals surface area contributed by atoms with Crippen LogP contribution in [0.25, 0.3) is 16.6 Å². The highest BCUT2D eigenvalue weighted by atomic mass is 16.5. The quantitative estimate of drug-likeness (QED) is 0.517. The molecule has 6 nitrogen and oxygen atoms in total. The number of rotatable bonds is 5. The van der Waals surface area contributed by atoms with E-state index in [2.05, 4.69) is 50.5 Å². The zero-order valence-corrected chi connectivity index (χ0v) is 16.4. The molecule has 1 fully saturated rings.